The number of carboxylic acids is 1. The monoisotopic (exact) mass is 347 g/mol. The summed E-state index contributed by atoms with van der Waals surface area (Å²) in [4.78, 5) is 25.3. The second-order valence-electron chi connectivity index (χ2n) is 7.31. The number of aliphatic carboxylic acids is 1. The van der Waals surface area contributed by atoms with Crippen LogP contribution in [0.2, 0.25) is 0 Å². The third-order valence-electron chi connectivity index (χ3n) is 4.73. The van der Waals surface area contributed by atoms with Crippen molar-refractivity contribution < 1.29 is 19.4 Å². The lowest BCUT2D eigenvalue weighted by Crippen LogP contribution is -2.37. The number of nitrogens with zero attached hydrogens (tertiary/aromatic N) is 1. The molecule has 2 rings (SSSR count). The van der Waals surface area contributed by atoms with E-state index in [1.54, 1.807) is 12.0 Å². The van der Waals surface area contributed by atoms with Crippen molar-refractivity contribution in [2.24, 2.45) is 5.92 Å². The van der Waals surface area contributed by atoms with E-state index < -0.39 is 5.97 Å². The molecule has 0 saturated carbocycles. The highest BCUT2D eigenvalue weighted by atomic mass is 16.5. The van der Waals surface area contributed by atoms with Crippen LogP contribution in [0, 0.1) is 5.92 Å². The first-order valence-corrected chi connectivity index (χ1v) is 9.01. The van der Waals surface area contributed by atoms with E-state index in [1.807, 2.05) is 0 Å². The minimum atomic E-state index is -0.875. The van der Waals surface area contributed by atoms with E-state index in [1.165, 1.54) is 5.56 Å². The van der Waals surface area contributed by atoms with Gasteiger partial charge in [-0.05, 0) is 36.3 Å². The number of ether oxygens (including phenoxy) is 1. The molecule has 1 saturated heterocycles. The van der Waals surface area contributed by atoms with Gasteiger partial charge in [-0.25, -0.2) is 0 Å². The largest absolute Gasteiger partial charge is 0.481 e. The lowest BCUT2D eigenvalue weighted by atomic mass is 10.0. The van der Waals surface area contributed by atoms with Crippen LogP contribution in [0.3, 0.4) is 0 Å². The predicted molar refractivity (Wildman–Crippen MR) is 96.5 cm³/mol. The Morgan fingerprint density at radius 3 is 2.44 bits per heavy atom. The minimum Gasteiger partial charge on any atom is -0.481 e. The van der Waals surface area contributed by atoms with Gasteiger partial charge < -0.3 is 14.7 Å². The molecule has 0 bridgehead atoms. The molecule has 1 heterocycles. The summed E-state index contributed by atoms with van der Waals surface area (Å²) in [5, 5.41) is 9.05. The van der Waals surface area contributed by atoms with E-state index in [2.05, 4.69) is 38.1 Å². The number of likely N-dealkylation sites (tertiary alicyclic amines) is 1. The third kappa shape index (κ3) is 5.85. The SMILES string of the molecule is COC1CC(CC(=O)O)N(C(=O)CCc2ccc(CC(C)C)cc2)C1. The van der Waals surface area contributed by atoms with E-state index in [-0.39, 0.29) is 24.5 Å². The van der Waals surface area contributed by atoms with Gasteiger partial charge in [0.2, 0.25) is 5.91 Å². The Hall–Kier alpha value is -1.88. The van der Waals surface area contributed by atoms with Crippen molar-refractivity contribution in [3.63, 3.8) is 0 Å². The molecule has 1 N–H and O–H groups in total. The summed E-state index contributed by atoms with van der Waals surface area (Å²) in [6.07, 6.45) is 2.64. The van der Waals surface area contributed by atoms with Crippen molar-refractivity contribution in [1.29, 1.82) is 0 Å². The van der Waals surface area contributed by atoms with E-state index in [0.29, 0.717) is 31.7 Å². The predicted octanol–water partition coefficient (Wildman–Crippen LogP) is 2.91. The fraction of sp³-hybridized carbons (Fsp3) is 0.600. The van der Waals surface area contributed by atoms with Crippen molar-refractivity contribution in [2.75, 3.05) is 13.7 Å². The maximum Gasteiger partial charge on any atom is 0.305 e. The van der Waals surface area contributed by atoms with E-state index in [4.69, 9.17) is 9.84 Å². The Labute approximate surface area is 150 Å². The highest BCUT2D eigenvalue weighted by Gasteiger charge is 2.36. The molecule has 0 radical (unpaired) electrons. The van der Waals surface area contributed by atoms with Crippen molar-refractivity contribution >= 4 is 11.9 Å². The van der Waals surface area contributed by atoms with Crippen LogP contribution in [0.4, 0.5) is 0 Å². The van der Waals surface area contributed by atoms with Crippen molar-refractivity contribution in [3.8, 4) is 0 Å². The molecule has 1 amide bonds. The smallest absolute Gasteiger partial charge is 0.305 e. The number of aryl methyl sites for hydroxylation is 1. The number of carboxylic acid groups (broad SMARTS) is 1. The Morgan fingerprint density at radius 1 is 1.24 bits per heavy atom. The molecule has 2 atom stereocenters. The average Bonchev–Trinajstić information content (AvgIpc) is 2.95. The first kappa shape index (κ1) is 19.4. The van der Waals surface area contributed by atoms with Gasteiger partial charge in [0.15, 0.2) is 0 Å². The highest BCUT2D eigenvalue weighted by Crippen LogP contribution is 2.24. The molecule has 25 heavy (non-hydrogen) atoms. The molecular formula is C20H29NO4. The molecule has 0 aromatic heterocycles. The standard InChI is InChI=1S/C20H29NO4/c1-14(2)10-16-6-4-15(5-7-16)8-9-19(22)21-13-18(25-3)11-17(21)12-20(23)24/h4-7,14,17-18H,8-13H2,1-3H3,(H,23,24). The second kappa shape index (κ2) is 8.99. The van der Waals surface area contributed by atoms with Crippen LogP contribution in [-0.2, 0) is 27.2 Å². The Morgan fingerprint density at radius 2 is 1.88 bits per heavy atom. The molecule has 1 aliphatic heterocycles. The zero-order valence-corrected chi connectivity index (χ0v) is 15.4. The average molecular weight is 347 g/mol. The lowest BCUT2D eigenvalue weighted by Gasteiger charge is -2.23. The van der Waals surface area contributed by atoms with Crippen LogP contribution in [0.25, 0.3) is 0 Å². The number of carbonyl (C=O) groups is 2. The van der Waals surface area contributed by atoms with Gasteiger partial charge in [-0.1, -0.05) is 38.1 Å². The zero-order valence-electron chi connectivity index (χ0n) is 15.4. The molecule has 1 fully saturated rings. The Kier molecular flexibility index (Phi) is 7.00. The molecule has 5 nitrogen and oxygen atoms in total. The normalized spacial score (nSPS) is 20.2. The number of methoxy groups -OCH3 is 1. The van der Waals surface area contributed by atoms with Gasteiger partial charge in [0, 0.05) is 26.1 Å². The van der Waals surface area contributed by atoms with Crippen molar-refractivity contribution in [2.45, 2.75) is 58.1 Å². The van der Waals surface area contributed by atoms with Crippen LogP contribution in [0.5, 0.6) is 0 Å². The first-order valence-electron chi connectivity index (χ1n) is 9.01. The van der Waals surface area contributed by atoms with Crippen molar-refractivity contribution in [3.05, 3.63) is 35.4 Å². The summed E-state index contributed by atoms with van der Waals surface area (Å²) in [5.41, 5.74) is 2.45. The number of carbonyl (C=O) groups excluding carboxylic acids is 1. The van der Waals surface area contributed by atoms with Gasteiger partial charge in [0.25, 0.3) is 0 Å². The quantitative estimate of drug-likeness (QED) is 0.785. The Balaban J connectivity index is 1.90. The molecule has 138 valence electrons. The molecular weight excluding hydrogens is 318 g/mol. The number of hydrogen-bond donors (Lipinski definition) is 1. The molecule has 0 spiro atoms. The van der Waals surface area contributed by atoms with Gasteiger partial charge in [0.1, 0.15) is 0 Å². The highest BCUT2D eigenvalue weighted by molar-refractivity contribution is 5.78. The molecule has 2 unspecified atom stereocenters. The summed E-state index contributed by atoms with van der Waals surface area (Å²) < 4.78 is 5.32. The molecule has 0 aliphatic carbocycles. The summed E-state index contributed by atoms with van der Waals surface area (Å²) in [6.45, 7) is 4.88. The van der Waals surface area contributed by atoms with Crippen LogP contribution in [0.15, 0.2) is 24.3 Å². The zero-order chi connectivity index (χ0) is 18.4. The van der Waals surface area contributed by atoms with Gasteiger partial charge >= 0.3 is 5.97 Å². The van der Waals surface area contributed by atoms with Gasteiger partial charge in [-0.3, -0.25) is 9.59 Å². The van der Waals surface area contributed by atoms with Gasteiger partial charge in [0.05, 0.1) is 12.5 Å². The summed E-state index contributed by atoms with van der Waals surface area (Å²) in [6, 6.07) is 8.17. The van der Waals surface area contributed by atoms with Crippen molar-refractivity contribution in [1.82, 2.24) is 4.90 Å². The van der Waals surface area contributed by atoms with Crippen LogP contribution in [0.1, 0.15) is 44.2 Å². The summed E-state index contributed by atoms with van der Waals surface area (Å²) in [7, 11) is 1.61. The number of benzene rings is 1. The van der Waals surface area contributed by atoms with E-state index in [9.17, 15) is 9.59 Å². The van der Waals surface area contributed by atoms with Crippen LogP contribution < -0.4 is 0 Å². The van der Waals surface area contributed by atoms with Crippen LogP contribution >= 0.6 is 0 Å². The first-order chi connectivity index (χ1) is 11.9. The lowest BCUT2D eigenvalue weighted by molar-refractivity contribution is -0.139. The van der Waals surface area contributed by atoms with Gasteiger partial charge in [-0.15, -0.1) is 0 Å². The molecule has 1 aromatic carbocycles. The number of hydrogen-bond acceptors (Lipinski definition) is 3. The summed E-state index contributed by atoms with van der Waals surface area (Å²) in [5.74, 6) is -0.236. The maximum atomic E-state index is 12.6. The third-order valence-corrected chi connectivity index (χ3v) is 4.73. The number of rotatable bonds is 8. The minimum absolute atomic E-state index is 0.0112. The molecule has 1 aliphatic rings. The fourth-order valence-electron chi connectivity index (χ4n) is 3.45. The van der Waals surface area contributed by atoms with E-state index >= 15 is 0 Å². The topological polar surface area (TPSA) is 66.8 Å². The fourth-order valence-corrected chi connectivity index (χ4v) is 3.45. The van der Waals surface area contributed by atoms with E-state index in [0.717, 1.165) is 12.0 Å². The summed E-state index contributed by atoms with van der Waals surface area (Å²) >= 11 is 0. The maximum absolute atomic E-state index is 12.6. The molecule has 1 aromatic rings. The molecule has 5 heteroatoms. The number of amides is 1. The van der Waals surface area contributed by atoms with Gasteiger partial charge in [-0.2, -0.15) is 0 Å². The van der Waals surface area contributed by atoms with Crippen LogP contribution in [-0.4, -0.2) is 47.7 Å². The Bertz CT molecular complexity index is 582. The second-order valence-corrected chi connectivity index (χ2v) is 7.31.